The predicted octanol–water partition coefficient (Wildman–Crippen LogP) is 5.11. The number of carbonyl (C=O) groups excluding carboxylic acids is 2. The van der Waals surface area contributed by atoms with Crippen LogP contribution in [0.25, 0.3) is 0 Å². The number of amides is 3. The number of hydrogen-bond donors (Lipinski definition) is 2. The smallest absolute Gasteiger partial charge is 0.323 e. The normalized spacial score (nSPS) is 13.6. The molecule has 0 radical (unpaired) electrons. The molecule has 0 spiro atoms. The lowest BCUT2D eigenvalue weighted by Crippen LogP contribution is -2.35. The molecule has 6 heteroatoms. The van der Waals surface area contributed by atoms with Gasteiger partial charge in [0, 0.05) is 43.2 Å². The fraction of sp³-hybridized carbons (Fsp3) is 0.417. The van der Waals surface area contributed by atoms with E-state index in [-0.39, 0.29) is 11.9 Å². The van der Waals surface area contributed by atoms with E-state index < -0.39 is 0 Å². The molecule has 3 rings (SSSR count). The monoisotopic (exact) mass is 408 g/mol. The molecule has 0 unspecified atom stereocenters. The van der Waals surface area contributed by atoms with Crippen LogP contribution in [0.4, 0.5) is 21.9 Å². The third kappa shape index (κ3) is 5.12. The Balaban J connectivity index is 1.84. The summed E-state index contributed by atoms with van der Waals surface area (Å²) in [7, 11) is 0. The number of nitrogens with zero attached hydrogens (tertiary/aromatic N) is 2. The Bertz CT molecular complexity index is 887. The van der Waals surface area contributed by atoms with Gasteiger partial charge in [-0.05, 0) is 69.9 Å². The first-order valence-corrected chi connectivity index (χ1v) is 10.8. The molecule has 30 heavy (non-hydrogen) atoms. The maximum Gasteiger partial charge on any atom is 0.323 e. The van der Waals surface area contributed by atoms with Crippen LogP contribution in [0.5, 0.6) is 0 Å². The summed E-state index contributed by atoms with van der Waals surface area (Å²) in [6.07, 6.45) is 3.50. The number of rotatable bonds is 6. The highest BCUT2D eigenvalue weighted by Crippen LogP contribution is 2.28. The first kappa shape index (κ1) is 21.7. The van der Waals surface area contributed by atoms with E-state index in [1.54, 1.807) is 0 Å². The molecule has 160 valence electrons. The number of nitrogens with one attached hydrogen (secondary N) is 2. The van der Waals surface area contributed by atoms with Gasteiger partial charge >= 0.3 is 6.03 Å². The zero-order chi connectivity index (χ0) is 21.5. The Kier molecular flexibility index (Phi) is 7.33. The van der Waals surface area contributed by atoms with Crippen molar-refractivity contribution < 1.29 is 9.59 Å². The van der Waals surface area contributed by atoms with E-state index >= 15 is 0 Å². The highest BCUT2D eigenvalue weighted by atomic mass is 16.2. The number of carbonyl (C=O) groups is 2. The summed E-state index contributed by atoms with van der Waals surface area (Å²) in [6.45, 7) is 9.14. The maximum absolute atomic E-state index is 13.2. The van der Waals surface area contributed by atoms with Crippen LogP contribution in [0.2, 0.25) is 0 Å². The number of urea groups is 1. The van der Waals surface area contributed by atoms with Gasteiger partial charge in [0.15, 0.2) is 0 Å². The SMILES string of the molecule is CCN(CC)C(=O)c1cc(NC(=O)Nc2ccccc2C)ccc1N1CCCCC1. The van der Waals surface area contributed by atoms with Crippen molar-refractivity contribution in [2.45, 2.75) is 40.0 Å². The molecule has 0 saturated carbocycles. The molecule has 1 heterocycles. The van der Waals surface area contributed by atoms with Crippen molar-refractivity contribution in [2.75, 3.05) is 41.7 Å². The molecule has 0 bridgehead atoms. The van der Waals surface area contributed by atoms with Gasteiger partial charge in [-0.3, -0.25) is 4.79 Å². The topological polar surface area (TPSA) is 64.7 Å². The van der Waals surface area contributed by atoms with Crippen molar-refractivity contribution in [2.24, 2.45) is 0 Å². The van der Waals surface area contributed by atoms with Crippen LogP contribution in [-0.4, -0.2) is 43.0 Å². The third-order valence-electron chi connectivity index (χ3n) is 5.63. The zero-order valence-corrected chi connectivity index (χ0v) is 18.2. The van der Waals surface area contributed by atoms with E-state index in [0.717, 1.165) is 42.9 Å². The van der Waals surface area contributed by atoms with Gasteiger partial charge in [0.2, 0.25) is 0 Å². The average molecular weight is 409 g/mol. The van der Waals surface area contributed by atoms with E-state index in [9.17, 15) is 9.59 Å². The quantitative estimate of drug-likeness (QED) is 0.698. The van der Waals surface area contributed by atoms with Crippen LogP contribution in [0, 0.1) is 6.92 Å². The van der Waals surface area contributed by atoms with Crippen molar-refractivity contribution in [1.82, 2.24) is 4.90 Å². The number of para-hydroxylation sites is 1. The third-order valence-corrected chi connectivity index (χ3v) is 5.63. The maximum atomic E-state index is 13.2. The van der Waals surface area contributed by atoms with Gasteiger partial charge in [-0.1, -0.05) is 18.2 Å². The van der Waals surface area contributed by atoms with Gasteiger partial charge in [0.25, 0.3) is 5.91 Å². The highest BCUT2D eigenvalue weighted by molar-refractivity contribution is 6.04. The lowest BCUT2D eigenvalue weighted by molar-refractivity contribution is 0.0773. The van der Waals surface area contributed by atoms with Crippen LogP contribution in [-0.2, 0) is 0 Å². The standard InChI is InChI=1S/C24H32N4O2/c1-4-27(5-2)23(29)20-17-19(13-14-22(20)28-15-9-6-10-16-28)25-24(30)26-21-12-8-7-11-18(21)3/h7-8,11-14,17H,4-6,9-10,15-16H2,1-3H3,(H2,25,26,30). The van der Waals surface area contributed by atoms with Gasteiger partial charge in [-0.2, -0.15) is 0 Å². The van der Waals surface area contributed by atoms with E-state index in [2.05, 4.69) is 15.5 Å². The summed E-state index contributed by atoms with van der Waals surface area (Å²) in [5.74, 6) is 0.00327. The molecule has 2 aromatic rings. The first-order valence-electron chi connectivity index (χ1n) is 10.8. The van der Waals surface area contributed by atoms with E-state index in [1.165, 1.54) is 6.42 Å². The Morgan fingerprint density at radius 3 is 2.33 bits per heavy atom. The molecule has 1 aliphatic rings. The van der Waals surface area contributed by atoms with Crippen LogP contribution < -0.4 is 15.5 Å². The lowest BCUT2D eigenvalue weighted by atomic mass is 10.1. The Morgan fingerprint density at radius 2 is 1.67 bits per heavy atom. The summed E-state index contributed by atoms with van der Waals surface area (Å²) < 4.78 is 0. The van der Waals surface area contributed by atoms with E-state index in [4.69, 9.17) is 0 Å². The fourth-order valence-corrected chi connectivity index (χ4v) is 3.87. The molecule has 1 fully saturated rings. The predicted molar refractivity (Wildman–Crippen MR) is 124 cm³/mol. The highest BCUT2D eigenvalue weighted by Gasteiger charge is 2.22. The number of anilines is 3. The Labute approximate surface area is 179 Å². The molecule has 0 atom stereocenters. The second-order valence-corrected chi connectivity index (χ2v) is 7.65. The molecule has 2 aromatic carbocycles. The number of piperidine rings is 1. The molecule has 3 amide bonds. The van der Waals surface area contributed by atoms with Gasteiger partial charge in [0.1, 0.15) is 0 Å². The summed E-state index contributed by atoms with van der Waals surface area (Å²) in [4.78, 5) is 29.8. The first-order chi connectivity index (χ1) is 14.5. The van der Waals surface area contributed by atoms with Gasteiger partial charge in [-0.25, -0.2) is 4.79 Å². The van der Waals surface area contributed by atoms with Gasteiger partial charge in [0.05, 0.1) is 5.56 Å². The number of hydrogen-bond acceptors (Lipinski definition) is 3. The van der Waals surface area contributed by atoms with Crippen molar-refractivity contribution in [3.05, 3.63) is 53.6 Å². The summed E-state index contributed by atoms with van der Waals surface area (Å²) in [5.41, 5.74) is 3.97. The fourth-order valence-electron chi connectivity index (χ4n) is 3.87. The summed E-state index contributed by atoms with van der Waals surface area (Å²) >= 11 is 0. The second kappa shape index (κ2) is 10.1. The zero-order valence-electron chi connectivity index (χ0n) is 18.2. The molecule has 1 aliphatic heterocycles. The Hall–Kier alpha value is -3.02. The molecule has 2 N–H and O–H groups in total. The number of aryl methyl sites for hydroxylation is 1. The summed E-state index contributed by atoms with van der Waals surface area (Å²) in [5, 5.41) is 5.75. The molecule has 6 nitrogen and oxygen atoms in total. The summed E-state index contributed by atoms with van der Waals surface area (Å²) in [6, 6.07) is 13.0. The van der Waals surface area contributed by atoms with Crippen LogP contribution in [0.3, 0.4) is 0 Å². The average Bonchev–Trinajstić information content (AvgIpc) is 2.76. The minimum Gasteiger partial charge on any atom is -0.371 e. The van der Waals surface area contributed by atoms with Crippen molar-refractivity contribution in [3.63, 3.8) is 0 Å². The van der Waals surface area contributed by atoms with Crippen LogP contribution >= 0.6 is 0 Å². The molecule has 0 aromatic heterocycles. The molecular weight excluding hydrogens is 376 g/mol. The minimum atomic E-state index is -0.323. The van der Waals surface area contributed by atoms with Crippen molar-refractivity contribution >= 4 is 29.0 Å². The van der Waals surface area contributed by atoms with Crippen molar-refractivity contribution in [1.29, 1.82) is 0 Å². The van der Waals surface area contributed by atoms with E-state index in [0.29, 0.717) is 24.3 Å². The lowest BCUT2D eigenvalue weighted by Gasteiger charge is -2.31. The minimum absolute atomic E-state index is 0.00327. The number of benzene rings is 2. The van der Waals surface area contributed by atoms with Gasteiger partial charge < -0.3 is 20.4 Å². The molecule has 1 saturated heterocycles. The Morgan fingerprint density at radius 1 is 0.967 bits per heavy atom. The van der Waals surface area contributed by atoms with Crippen molar-refractivity contribution in [3.8, 4) is 0 Å². The molecule has 0 aliphatic carbocycles. The largest absolute Gasteiger partial charge is 0.371 e. The molecular formula is C24H32N4O2. The second-order valence-electron chi connectivity index (χ2n) is 7.65. The van der Waals surface area contributed by atoms with Crippen LogP contribution in [0.15, 0.2) is 42.5 Å². The van der Waals surface area contributed by atoms with Gasteiger partial charge in [-0.15, -0.1) is 0 Å². The van der Waals surface area contributed by atoms with Crippen LogP contribution in [0.1, 0.15) is 49.0 Å². The van der Waals surface area contributed by atoms with E-state index in [1.807, 2.05) is 68.1 Å².